The molecule has 0 aromatic heterocycles. The number of nitrogens with zero attached hydrogens (tertiary/aromatic N) is 1. The van der Waals surface area contributed by atoms with Crippen LogP contribution in [0.1, 0.15) is 42.5 Å². The number of hydrogen-bond acceptors (Lipinski definition) is 4. The zero-order chi connectivity index (χ0) is 19.4. The first-order valence-electron chi connectivity index (χ1n) is 8.75. The molecule has 6 nitrogen and oxygen atoms in total. The Morgan fingerprint density at radius 3 is 2.41 bits per heavy atom. The van der Waals surface area contributed by atoms with Gasteiger partial charge in [-0.3, -0.25) is 14.9 Å². The van der Waals surface area contributed by atoms with Crippen LogP contribution in [0.5, 0.6) is 0 Å². The second kappa shape index (κ2) is 8.71. The van der Waals surface area contributed by atoms with Crippen molar-refractivity contribution in [1.82, 2.24) is 0 Å². The van der Waals surface area contributed by atoms with E-state index in [1.807, 2.05) is 0 Å². The molecule has 1 saturated carbocycles. The molecule has 0 saturated heterocycles. The van der Waals surface area contributed by atoms with E-state index in [4.69, 9.17) is 11.6 Å². The average molecular weight is 453 g/mol. The van der Waals surface area contributed by atoms with Crippen molar-refractivity contribution in [2.24, 2.45) is 0 Å². The molecule has 142 valence electrons. The molecule has 0 spiro atoms. The molecule has 0 atom stereocenters. The van der Waals surface area contributed by atoms with Gasteiger partial charge in [0.05, 0.1) is 15.6 Å². The lowest BCUT2D eigenvalue weighted by Gasteiger charge is -2.24. The number of carbonyl (C=O) groups excluding carboxylic acids is 1. The van der Waals surface area contributed by atoms with Crippen LogP contribution in [0, 0.1) is 10.1 Å². The van der Waals surface area contributed by atoms with Gasteiger partial charge >= 0.3 is 0 Å². The van der Waals surface area contributed by atoms with Gasteiger partial charge in [-0.15, -0.1) is 0 Å². The predicted octanol–water partition coefficient (Wildman–Crippen LogP) is 6.01. The summed E-state index contributed by atoms with van der Waals surface area (Å²) in [5.41, 5.74) is 1.09. The van der Waals surface area contributed by atoms with Crippen LogP contribution in [-0.4, -0.2) is 16.9 Å². The van der Waals surface area contributed by atoms with Gasteiger partial charge in [0.25, 0.3) is 11.6 Å². The number of halogens is 2. The third-order valence-corrected chi connectivity index (χ3v) is 5.44. The lowest BCUT2D eigenvalue weighted by atomic mass is 9.95. The quantitative estimate of drug-likeness (QED) is 0.430. The van der Waals surface area contributed by atoms with Crippen LogP contribution in [0.15, 0.2) is 40.9 Å². The molecule has 1 aliphatic carbocycles. The van der Waals surface area contributed by atoms with Gasteiger partial charge in [0.1, 0.15) is 5.69 Å². The van der Waals surface area contributed by atoms with E-state index in [1.165, 1.54) is 12.5 Å². The Kier molecular flexibility index (Phi) is 6.34. The second-order valence-corrected chi connectivity index (χ2v) is 7.87. The van der Waals surface area contributed by atoms with Crippen molar-refractivity contribution in [3.63, 3.8) is 0 Å². The fraction of sp³-hybridized carbons (Fsp3) is 0.316. The summed E-state index contributed by atoms with van der Waals surface area (Å²) in [5.74, 6) is -0.332. The summed E-state index contributed by atoms with van der Waals surface area (Å²) in [6, 6.07) is 9.91. The molecule has 1 fully saturated rings. The normalized spacial score (nSPS) is 14.6. The maximum atomic E-state index is 12.5. The van der Waals surface area contributed by atoms with Gasteiger partial charge in [-0.2, -0.15) is 0 Å². The van der Waals surface area contributed by atoms with Crippen LogP contribution in [0.4, 0.5) is 17.1 Å². The summed E-state index contributed by atoms with van der Waals surface area (Å²) in [4.78, 5) is 23.4. The van der Waals surface area contributed by atoms with Gasteiger partial charge < -0.3 is 10.6 Å². The van der Waals surface area contributed by atoms with Crippen molar-refractivity contribution in [2.75, 3.05) is 10.6 Å². The van der Waals surface area contributed by atoms with Crippen LogP contribution < -0.4 is 10.6 Å². The molecule has 0 unspecified atom stereocenters. The molecule has 27 heavy (non-hydrogen) atoms. The first-order chi connectivity index (χ1) is 12.9. The molecule has 3 rings (SSSR count). The third kappa shape index (κ3) is 4.99. The zero-order valence-electron chi connectivity index (χ0n) is 14.5. The standard InChI is InChI=1S/C19H19BrClN3O3/c20-13-8-6-12(7-9-13)19(25)23-16-11-17(18(24(26)27)10-15(16)21)22-14-4-2-1-3-5-14/h6-11,14,22H,1-5H2,(H,23,25). The summed E-state index contributed by atoms with van der Waals surface area (Å²) in [6.07, 6.45) is 5.34. The van der Waals surface area contributed by atoms with E-state index < -0.39 is 4.92 Å². The number of nitro benzene ring substituents is 1. The van der Waals surface area contributed by atoms with Gasteiger partial charge in [0.15, 0.2) is 0 Å². The SMILES string of the molecule is O=C(Nc1cc(NC2CCCCC2)c([N+](=O)[O-])cc1Cl)c1ccc(Br)cc1. The lowest BCUT2D eigenvalue weighted by molar-refractivity contribution is -0.384. The second-order valence-electron chi connectivity index (χ2n) is 6.55. The maximum Gasteiger partial charge on any atom is 0.293 e. The van der Waals surface area contributed by atoms with E-state index in [9.17, 15) is 14.9 Å². The molecule has 0 heterocycles. The van der Waals surface area contributed by atoms with Crippen LogP contribution in [0.2, 0.25) is 5.02 Å². The van der Waals surface area contributed by atoms with E-state index in [1.54, 1.807) is 30.3 Å². The maximum absolute atomic E-state index is 12.5. The highest BCUT2D eigenvalue weighted by Crippen LogP contribution is 2.36. The Hall–Kier alpha value is -2.12. The largest absolute Gasteiger partial charge is 0.377 e. The number of amides is 1. The summed E-state index contributed by atoms with van der Waals surface area (Å²) in [6.45, 7) is 0. The van der Waals surface area contributed by atoms with Crippen molar-refractivity contribution in [3.05, 3.63) is 61.6 Å². The molecular formula is C19H19BrClN3O3. The minimum atomic E-state index is -0.461. The Bertz CT molecular complexity index is 852. The lowest BCUT2D eigenvalue weighted by Crippen LogP contribution is -2.23. The van der Waals surface area contributed by atoms with Gasteiger partial charge in [-0.1, -0.05) is 46.8 Å². The molecule has 2 N–H and O–H groups in total. The Balaban J connectivity index is 1.85. The Labute approximate surface area is 170 Å². The van der Waals surface area contributed by atoms with Crippen LogP contribution in [0.25, 0.3) is 0 Å². The van der Waals surface area contributed by atoms with Crippen molar-refractivity contribution < 1.29 is 9.72 Å². The molecular weight excluding hydrogens is 434 g/mol. The minimum absolute atomic E-state index is 0.0905. The number of carbonyl (C=O) groups is 1. The number of anilines is 2. The fourth-order valence-corrected chi connectivity index (χ4v) is 3.66. The van der Waals surface area contributed by atoms with Gasteiger partial charge in [-0.05, 0) is 43.2 Å². The Morgan fingerprint density at radius 1 is 1.11 bits per heavy atom. The molecule has 0 bridgehead atoms. The molecule has 1 amide bonds. The zero-order valence-corrected chi connectivity index (χ0v) is 16.8. The molecule has 1 aliphatic rings. The summed E-state index contributed by atoms with van der Waals surface area (Å²) < 4.78 is 0.867. The van der Waals surface area contributed by atoms with Crippen molar-refractivity contribution in [1.29, 1.82) is 0 Å². The molecule has 8 heteroatoms. The predicted molar refractivity (Wildman–Crippen MR) is 111 cm³/mol. The number of hydrogen-bond donors (Lipinski definition) is 2. The third-order valence-electron chi connectivity index (χ3n) is 4.60. The minimum Gasteiger partial charge on any atom is -0.377 e. The molecule has 2 aromatic rings. The van der Waals surface area contributed by atoms with Gasteiger partial charge in [-0.25, -0.2) is 0 Å². The van der Waals surface area contributed by atoms with E-state index in [0.717, 1.165) is 30.2 Å². The monoisotopic (exact) mass is 451 g/mol. The van der Waals surface area contributed by atoms with E-state index in [-0.39, 0.29) is 22.7 Å². The highest BCUT2D eigenvalue weighted by Gasteiger charge is 2.22. The van der Waals surface area contributed by atoms with Crippen LogP contribution in [0.3, 0.4) is 0 Å². The summed E-state index contributed by atoms with van der Waals surface area (Å²) in [5, 5.41) is 17.5. The highest BCUT2D eigenvalue weighted by molar-refractivity contribution is 9.10. The molecule has 0 radical (unpaired) electrons. The van der Waals surface area contributed by atoms with E-state index >= 15 is 0 Å². The van der Waals surface area contributed by atoms with Crippen molar-refractivity contribution in [3.8, 4) is 0 Å². The highest BCUT2D eigenvalue weighted by atomic mass is 79.9. The topological polar surface area (TPSA) is 84.3 Å². The summed E-state index contributed by atoms with van der Waals surface area (Å²) >= 11 is 9.52. The summed E-state index contributed by atoms with van der Waals surface area (Å²) in [7, 11) is 0. The van der Waals surface area contributed by atoms with Crippen molar-refractivity contribution >= 4 is 50.5 Å². The number of nitro groups is 1. The van der Waals surface area contributed by atoms with Crippen molar-refractivity contribution in [2.45, 2.75) is 38.1 Å². The number of benzene rings is 2. The molecule has 2 aromatic carbocycles. The Morgan fingerprint density at radius 2 is 1.78 bits per heavy atom. The van der Waals surface area contributed by atoms with Crippen LogP contribution >= 0.6 is 27.5 Å². The van der Waals surface area contributed by atoms with Crippen LogP contribution in [-0.2, 0) is 0 Å². The van der Waals surface area contributed by atoms with Gasteiger partial charge in [0, 0.05) is 22.1 Å². The first kappa shape index (κ1) is 19.6. The number of nitrogens with one attached hydrogen (secondary N) is 2. The van der Waals surface area contributed by atoms with Gasteiger partial charge in [0.2, 0.25) is 0 Å². The average Bonchev–Trinajstić information content (AvgIpc) is 2.65. The first-order valence-corrected chi connectivity index (χ1v) is 9.92. The number of rotatable bonds is 5. The smallest absolute Gasteiger partial charge is 0.293 e. The van der Waals surface area contributed by atoms with E-state index in [0.29, 0.717) is 16.9 Å². The fourth-order valence-electron chi connectivity index (χ4n) is 3.19. The molecule has 0 aliphatic heterocycles. The van der Waals surface area contributed by atoms with E-state index in [2.05, 4.69) is 26.6 Å².